The van der Waals surface area contributed by atoms with Gasteiger partial charge in [-0.1, -0.05) is 19.1 Å². The van der Waals surface area contributed by atoms with Crippen molar-refractivity contribution in [3.63, 3.8) is 0 Å². The molecule has 15 heavy (non-hydrogen) atoms. The van der Waals surface area contributed by atoms with Crippen LogP contribution in [0.2, 0.25) is 0 Å². The molecule has 1 unspecified atom stereocenters. The molecule has 0 saturated heterocycles. The van der Waals surface area contributed by atoms with Crippen LogP contribution < -0.4 is 5.73 Å². The Morgan fingerprint density at radius 1 is 1.27 bits per heavy atom. The molecule has 0 saturated carbocycles. The Morgan fingerprint density at radius 2 is 1.80 bits per heavy atom. The van der Waals surface area contributed by atoms with Crippen LogP contribution in [0.15, 0.2) is 24.3 Å². The van der Waals surface area contributed by atoms with Gasteiger partial charge in [0.25, 0.3) is 5.92 Å². The monoisotopic (exact) mass is 217 g/mol. The van der Waals surface area contributed by atoms with Gasteiger partial charge >= 0.3 is 0 Å². The zero-order valence-corrected chi connectivity index (χ0v) is 8.51. The van der Waals surface area contributed by atoms with Gasteiger partial charge < -0.3 is 5.73 Å². The fourth-order valence-corrected chi connectivity index (χ4v) is 1.44. The molecule has 0 aromatic heterocycles. The second-order valence-corrected chi connectivity index (χ2v) is 3.72. The fourth-order valence-electron chi connectivity index (χ4n) is 1.44. The molecule has 0 radical (unpaired) electrons. The van der Waals surface area contributed by atoms with Gasteiger partial charge in [0, 0.05) is 6.42 Å². The van der Waals surface area contributed by atoms with E-state index >= 15 is 0 Å². The third kappa shape index (κ3) is 3.55. The number of nitrogens with two attached hydrogens (primary N) is 1. The van der Waals surface area contributed by atoms with Crippen LogP contribution in [0.5, 0.6) is 0 Å². The van der Waals surface area contributed by atoms with Crippen LogP contribution in [-0.2, 0) is 0 Å². The molecule has 0 aliphatic rings. The lowest BCUT2D eigenvalue weighted by Crippen LogP contribution is -2.29. The van der Waals surface area contributed by atoms with Gasteiger partial charge in [0.05, 0.1) is 6.54 Å². The molecular formula is C11H14F3N. The molecule has 2 N–H and O–H groups in total. The van der Waals surface area contributed by atoms with Crippen molar-refractivity contribution in [3.8, 4) is 0 Å². The number of hydrogen-bond donors (Lipinski definition) is 1. The predicted molar refractivity (Wildman–Crippen MR) is 53.4 cm³/mol. The van der Waals surface area contributed by atoms with Gasteiger partial charge in [0.15, 0.2) is 0 Å². The highest BCUT2D eigenvalue weighted by Crippen LogP contribution is 2.28. The highest BCUT2D eigenvalue weighted by Gasteiger charge is 2.29. The lowest BCUT2D eigenvalue weighted by molar-refractivity contribution is -0.00339. The quantitative estimate of drug-likeness (QED) is 0.824. The highest BCUT2D eigenvalue weighted by atomic mass is 19.3. The second-order valence-electron chi connectivity index (χ2n) is 3.72. The summed E-state index contributed by atoms with van der Waals surface area (Å²) in [4.78, 5) is 0. The number of hydrogen-bond acceptors (Lipinski definition) is 1. The molecule has 1 aromatic rings. The molecule has 1 nitrogen and oxygen atoms in total. The van der Waals surface area contributed by atoms with Crippen molar-refractivity contribution in [1.29, 1.82) is 0 Å². The van der Waals surface area contributed by atoms with E-state index in [0.29, 0.717) is 5.56 Å². The first-order chi connectivity index (χ1) is 6.94. The van der Waals surface area contributed by atoms with Crippen molar-refractivity contribution in [3.05, 3.63) is 35.6 Å². The van der Waals surface area contributed by atoms with Crippen LogP contribution in [0.25, 0.3) is 0 Å². The Bertz CT molecular complexity index is 308. The average Bonchev–Trinajstić information content (AvgIpc) is 2.18. The normalized spacial score (nSPS) is 13.9. The predicted octanol–water partition coefficient (Wildman–Crippen LogP) is 2.91. The van der Waals surface area contributed by atoms with E-state index in [1.165, 1.54) is 24.3 Å². The third-order valence-electron chi connectivity index (χ3n) is 2.34. The largest absolute Gasteiger partial charge is 0.325 e. The number of benzene rings is 1. The van der Waals surface area contributed by atoms with Crippen LogP contribution >= 0.6 is 0 Å². The van der Waals surface area contributed by atoms with Crippen molar-refractivity contribution in [2.24, 2.45) is 5.73 Å². The van der Waals surface area contributed by atoms with Crippen molar-refractivity contribution in [2.45, 2.75) is 25.2 Å². The Kier molecular flexibility index (Phi) is 3.74. The van der Waals surface area contributed by atoms with Gasteiger partial charge in [-0.15, -0.1) is 0 Å². The minimum absolute atomic E-state index is 0.310. The maximum atomic E-state index is 13.0. The highest BCUT2D eigenvalue weighted by molar-refractivity contribution is 5.20. The van der Waals surface area contributed by atoms with Gasteiger partial charge in [-0.25, -0.2) is 13.2 Å². The first kappa shape index (κ1) is 12.0. The van der Waals surface area contributed by atoms with Gasteiger partial charge in [-0.2, -0.15) is 0 Å². The van der Waals surface area contributed by atoms with E-state index in [1.54, 1.807) is 6.92 Å². The molecule has 1 aromatic carbocycles. The summed E-state index contributed by atoms with van der Waals surface area (Å²) >= 11 is 0. The summed E-state index contributed by atoms with van der Waals surface area (Å²) in [6.07, 6.45) is -0.310. The van der Waals surface area contributed by atoms with E-state index in [2.05, 4.69) is 0 Å². The van der Waals surface area contributed by atoms with E-state index in [4.69, 9.17) is 5.73 Å². The van der Waals surface area contributed by atoms with E-state index in [0.717, 1.165) is 0 Å². The van der Waals surface area contributed by atoms with Crippen molar-refractivity contribution >= 4 is 0 Å². The first-order valence-electron chi connectivity index (χ1n) is 4.78. The Labute approximate surface area is 87.1 Å². The molecule has 0 spiro atoms. The van der Waals surface area contributed by atoms with Gasteiger partial charge in [0.1, 0.15) is 5.82 Å². The van der Waals surface area contributed by atoms with E-state index in [1.807, 2.05) is 0 Å². The Hall–Kier alpha value is -1.03. The maximum absolute atomic E-state index is 13.0. The average molecular weight is 217 g/mol. The summed E-state index contributed by atoms with van der Waals surface area (Å²) in [5, 5.41) is 0. The summed E-state index contributed by atoms with van der Waals surface area (Å²) < 4.78 is 38.5. The van der Waals surface area contributed by atoms with Crippen LogP contribution in [0.1, 0.15) is 24.8 Å². The summed E-state index contributed by atoms with van der Waals surface area (Å²) in [5.74, 6) is -3.55. The number of halogens is 3. The van der Waals surface area contributed by atoms with Crippen LogP contribution in [0.4, 0.5) is 13.2 Å². The standard InChI is InChI=1S/C11H14F3N/c1-8(6-11(13,14)7-15)9-2-4-10(12)5-3-9/h2-5,8H,6-7,15H2,1H3. The van der Waals surface area contributed by atoms with Crippen molar-refractivity contribution < 1.29 is 13.2 Å². The van der Waals surface area contributed by atoms with Gasteiger partial charge in [-0.05, 0) is 23.6 Å². The molecule has 1 rings (SSSR count). The molecule has 0 aliphatic heterocycles. The maximum Gasteiger partial charge on any atom is 0.260 e. The van der Waals surface area contributed by atoms with Crippen LogP contribution in [0, 0.1) is 5.82 Å². The molecule has 0 fully saturated rings. The van der Waals surface area contributed by atoms with Crippen molar-refractivity contribution in [2.75, 3.05) is 6.54 Å². The number of alkyl halides is 2. The molecular weight excluding hydrogens is 203 g/mol. The minimum atomic E-state index is -2.85. The molecule has 0 amide bonds. The van der Waals surface area contributed by atoms with Crippen LogP contribution in [-0.4, -0.2) is 12.5 Å². The molecule has 4 heteroatoms. The first-order valence-corrected chi connectivity index (χ1v) is 4.78. The fraction of sp³-hybridized carbons (Fsp3) is 0.455. The Balaban J connectivity index is 2.69. The van der Waals surface area contributed by atoms with Crippen molar-refractivity contribution in [1.82, 2.24) is 0 Å². The zero-order chi connectivity index (χ0) is 11.5. The van der Waals surface area contributed by atoms with Gasteiger partial charge in [0.2, 0.25) is 0 Å². The molecule has 84 valence electrons. The summed E-state index contributed by atoms with van der Waals surface area (Å²) in [7, 11) is 0. The van der Waals surface area contributed by atoms with Crippen LogP contribution in [0.3, 0.4) is 0 Å². The second kappa shape index (κ2) is 4.66. The molecule has 0 bridgehead atoms. The smallest absolute Gasteiger partial charge is 0.260 e. The lowest BCUT2D eigenvalue weighted by Gasteiger charge is -2.19. The Morgan fingerprint density at radius 3 is 2.27 bits per heavy atom. The topological polar surface area (TPSA) is 26.0 Å². The lowest BCUT2D eigenvalue weighted by atomic mass is 9.94. The molecule has 0 heterocycles. The van der Waals surface area contributed by atoms with E-state index in [-0.39, 0.29) is 18.2 Å². The van der Waals surface area contributed by atoms with Gasteiger partial charge in [-0.3, -0.25) is 0 Å². The summed E-state index contributed by atoms with van der Waals surface area (Å²) in [6.45, 7) is 1.02. The third-order valence-corrected chi connectivity index (χ3v) is 2.34. The SMILES string of the molecule is CC(CC(F)(F)CN)c1ccc(F)cc1. The zero-order valence-electron chi connectivity index (χ0n) is 8.51. The molecule has 0 aliphatic carbocycles. The minimum Gasteiger partial charge on any atom is -0.325 e. The van der Waals surface area contributed by atoms with E-state index in [9.17, 15) is 13.2 Å². The summed E-state index contributed by atoms with van der Waals surface area (Å²) in [5.41, 5.74) is 5.65. The molecule has 1 atom stereocenters. The summed E-state index contributed by atoms with van der Waals surface area (Å²) in [6, 6.07) is 5.58. The number of rotatable bonds is 4. The van der Waals surface area contributed by atoms with E-state index < -0.39 is 12.5 Å².